The Morgan fingerprint density at radius 1 is 0.552 bits per heavy atom. The number of ether oxygens (including phenoxy) is 2. The Bertz CT molecular complexity index is 2310. The summed E-state index contributed by atoms with van der Waals surface area (Å²) < 4.78 is 17.1. The van der Waals surface area contributed by atoms with Crippen molar-refractivity contribution >= 4 is 129 Å². The van der Waals surface area contributed by atoms with Gasteiger partial charge in [0.1, 0.15) is 31.6 Å². The number of hydrogen-bond donors (Lipinski definition) is 1. The van der Waals surface area contributed by atoms with Gasteiger partial charge in [-0.3, -0.25) is 23.7 Å². The lowest BCUT2D eigenvalue weighted by Crippen LogP contribution is -2.39. The summed E-state index contributed by atoms with van der Waals surface area (Å²) in [5.74, 6) is 0.857. The molecule has 13 nitrogen and oxygen atoms in total. The number of halogens is 9. The number of hydrogen-bond acceptors (Lipinski definition) is 9. The Hall–Kier alpha value is -2.35. The summed E-state index contributed by atoms with van der Waals surface area (Å²) in [5.41, 5.74) is 0.410. The summed E-state index contributed by atoms with van der Waals surface area (Å²) >= 11 is 43.4. The zero-order valence-corrected chi connectivity index (χ0v) is 40.3. The monoisotopic (exact) mass is 1110 g/mol. The fourth-order valence-corrected chi connectivity index (χ4v) is 7.83. The van der Waals surface area contributed by atoms with Gasteiger partial charge in [-0.2, -0.15) is 0 Å². The van der Waals surface area contributed by atoms with Crippen LogP contribution in [0, 0.1) is 0 Å². The van der Waals surface area contributed by atoms with Crippen LogP contribution in [0.2, 0.25) is 30.8 Å². The van der Waals surface area contributed by atoms with Crippen molar-refractivity contribution in [2.24, 2.45) is 21.1 Å². The quantitative estimate of drug-likeness (QED) is 0.173. The van der Waals surface area contributed by atoms with Gasteiger partial charge in [-0.1, -0.05) is 117 Å². The summed E-state index contributed by atoms with van der Waals surface area (Å²) in [6.07, 6.45) is 0. The van der Waals surface area contributed by atoms with Crippen LogP contribution in [0.15, 0.2) is 93.3 Å². The number of nitrogens with one attached hydrogen (secondary N) is 1. The molecule has 2 aliphatic rings. The van der Waals surface area contributed by atoms with Crippen LogP contribution in [0.1, 0.15) is 0 Å². The molecule has 0 amide bonds. The van der Waals surface area contributed by atoms with Crippen molar-refractivity contribution in [3.05, 3.63) is 146 Å². The molecule has 314 valence electrons. The van der Waals surface area contributed by atoms with Crippen LogP contribution in [-0.2, 0) is 30.6 Å². The highest BCUT2D eigenvalue weighted by Crippen LogP contribution is 2.20. The third-order valence-electron chi connectivity index (χ3n) is 7.78. The van der Waals surface area contributed by atoms with Gasteiger partial charge in [0, 0.05) is 95.7 Å². The van der Waals surface area contributed by atoms with E-state index in [0.29, 0.717) is 66.2 Å². The minimum atomic E-state index is -0.200. The molecule has 5 aromatic heterocycles. The molecule has 58 heavy (non-hydrogen) atoms. The average Bonchev–Trinajstić information content (AvgIpc) is 3.15. The molecular formula is C36H36Br3Cl6N7O6. The Balaban J connectivity index is 0.000000198. The molecule has 22 heteroatoms. The first-order chi connectivity index (χ1) is 27.3. The number of aromatic amines is 1. The highest BCUT2D eigenvalue weighted by molar-refractivity contribution is 9.11. The topological polar surface area (TPSA) is 137 Å². The summed E-state index contributed by atoms with van der Waals surface area (Å²) in [5, 5.41) is 2.51. The second kappa shape index (κ2) is 24.8. The van der Waals surface area contributed by atoms with E-state index in [4.69, 9.17) is 79.1 Å². The third-order valence-corrected chi connectivity index (χ3v) is 10.7. The predicted molar refractivity (Wildman–Crippen MR) is 246 cm³/mol. The number of rotatable bonds is 2. The maximum atomic E-state index is 11.5. The molecule has 0 radical (unpaired) electrons. The molecule has 2 fully saturated rings. The van der Waals surface area contributed by atoms with Crippen LogP contribution < -0.4 is 32.0 Å². The van der Waals surface area contributed by atoms with Crippen molar-refractivity contribution in [3.63, 3.8) is 0 Å². The van der Waals surface area contributed by atoms with Crippen molar-refractivity contribution in [1.82, 2.24) is 23.7 Å². The molecule has 7 rings (SSSR count). The Labute approximate surface area is 388 Å². The van der Waals surface area contributed by atoms with Crippen molar-refractivity contribution in [2.75, 3.05) is 62.4 Å². The molecule has 0 atom stereocenters. The smallest absolute Gasteiger partial charge is 0.253 e. The van der Waals surface area contributed by atoms with Crippen LogP contribution in [0.4, 0.5) is 11.5 Å². The molecule has 0 bridgehead atoms. The lowest BCUT2D eigenvalue weighted by Gasteiger charge is -2.30. The molecule has 2 aliphatic heterocycles. The number of nitrogens with zero attached hydrogens (tertiary/aromatic N) is 6. The van der Waals surface area contributed by atoms with Gasteiger partial charge in [0.05, 0.1) is 26.4 Å². The normalized spacial score (nSPS) is 13.4. The van der Waals surface area contributed by atoms with Gasteiger partial charge >= 0.3 is 0 Å². The zero-order chi connectivity index (χ0) is 43.1. The van der Waals surface area contributed by atoms with E-state index in [0.717, 1.165) is 42.2 Å². The highest BCUT2D eigenvalue weighted by Gasteiger charge is 2.15. The Morgan fingerprint density at radius 3 is 1.50 bits per heavy atom. The lowest BCUT2D eigenvalue weighted by molar-refractivity contribution is 0.122. The van der Waals surface area contributed by atoms with Gasteiger partial charge in [0.2, 0.25) is 5.56 Å². The number of H-pyrrole nitrogens is 1. The molecule has 2 saturated heterocycles. The molecule has 5 aromatic rings. The van der Waals surface area contributed by atoms with Gasteiger partial charge in [-0.25, -0.2) is 4.98 Å². The first-order valence-corrected chi connectivity index (χ1v) is 21.4. The SMILES string of the molecule is Clc1cc(Br)cc(Cl)n1.Cn1c(Cl)cc(Br)cc1=O.Cn1c(Cl)cc(N2CCOCC2)cc1=O.Cn1c(N2CCOCC2)cc(Cl)cc1=O.O=c1cc(Br)cc(Cl)[nH]1. The van der Waals surface area contributed by atoms with E-state index < -0.39 is 0 Å². The zero-order valence-electron chi connectivity index (χ0n) is 31.0. The third kappa shape index (κ3) is 17.0. The lowest BCUT2D eigenvalue weighted by atomic mass is 10.3. The standard InChI is InChI=1S/2C10H13ClN2O2.C6H5BrClNO.C5H2BrCl2N.C5H3BrClNO/c1-12-9(11)6-8(7-10(12)14)13-2-4-15-5-3-13;1-12-9(6-8(11)7-10(12)14)13-2-4-15-5-3-13;1-9-5(8)2-4(7)3-6(9)10;6-3-1-4(7)9-5(8)2-3;6-3-1-4(7)8-5(9)2-3/h2*6-7H,2-5H2,1H3;2-3H,1H3;1-2H;1-2H,(H,8,9). The van der Waals surface area contributed by atoms with Crippen LogP contribution in [0.5, 0.6) is 0 Å². The molecule has 0 unspecified atom stereocenters. The van der Waals surface area contributed by atoms with Crippen LogP contribution >= 0.6 is 117 Å². The molecule has 7 heterocycles. The minimum absolute atomic E-state index is 0.0796. The molecule has 0 saturated carbocycles. The predicted octanol–water partition coefficient (Wildman–Crippen LogP) is 8.49. The molecule has 0 aromatic carbocycles. The summed E-state index contributed by atoms with van der Waals surface area (Å²) in [4.78, 5) is 54.8. The van der Waals surface area contributed by atoms with Crippen molar-refractivity contribution < 1.29 is 9.47 Å². The molecule has 0 spiro atoms. The second-order valence-corrected chi connectivity index (χ2v) is 17.0. The second-order valence-electron chi connectivity index (χ2n) is 11.9. The van der Waals surface area contributed by atoms with Gasteiger partial charge < -0.3 is 33.4 Å². The average molecular weight is 1120 g/mol. The minimum Gasteiger partial charge on any atom is -0.378 e. The Kier molecular flexibility index (Phi) is 21.4. The maximum absolute atomic E-state index is 11.5. The number of pyridine rings is 5. The Morgan fingerprint density at radius 2 is 1.02 bits per heavy atom. The van der Waals surface area contributed by atoms with Gasteiger partial charge in [0.15, 0.2) is 0 Å². The van der Waals surface area contributed by atoms with E-state index in [1.54, 1.807) is 56.0 Å². The fraction of sp³-hybridized carbons (Fsp3) is 0.306. The van der Waals surface area contributed by atoms with E-state index in [1.807, 2.05) is 12.1 Å². The van der Waals surface area contributed by atoms with Crippen LogP contribution in [0.25, 0.3) is 0 Å². The van der Waals surface area contributed by atoms with E-state index >= 15 is 0 Å². The number of anilines is 2. The first kappa shape index (κ1) is 50.0. The van der Waals surface area contributed by atoms with Crippen molar-refractivity contribution in [1.29, 1.82) is 0 Å². The van der Waals surface area contributed by atoms with Crippen LogP contribution in [0.3, 0.4) is 0 Å². The summed E-state index contributed by atoms with van der Waals surface area (Å²) in [6.45, 7) is 6.01. The number of morpholine rings is 2. The van der Waals surface area contributed by atoms with Gasteiger partial charge in [-0.15, -0.1) is 0 Å². The molecular weight excluding hydrogens is 1080 g/mol. The van der Waals surface area contributed by atoms with Gasteiger partial charge in [0.25, 0.3) is 16.7 Å². The van der Waals surface area contributed by atoms with Crippen molar-refractivity contribution in [3.8, 4) is 0 Å². The summed E-state index contributed by atoms with van der Waals surface area (Å²) in [7, 11) is 5.04. The van der Waals surface area contributed by atoms with E-state index in [9.17, 15) is 19.2 Å². The van der Waals surface area contributed by atoms with E-state index in [1.165, 1.54) is 27.3 Å². The first-order valence-electron chi connectivity index (χ1n) is 16.8. The molecule has 0 aliphatic carbocycles. The maximum Gasteiger partial charge on any atom is 0.253 e. The van der Waals surface area contributed by atoms with Crippen molar-refractivity contribution in [2.45, 2.75) is 0 Å². The van der Waals surface area contributed by atoms with E-state index in [2.05, 4.69) is 67.6 Å². The highest BCUT2D eigenvalue weighted by atomic mass is 79.9. The van der Waals surface area contributed by atoms with Crippen LogP contribution in [-0.4, -0.2) is 76.3 Å². The number of aromatic nitrogens is 5. The van der Waals surface area contributed by atoms with E-state index in [-0.39, 0.29) is 22.2 Å². The molecule has 1 N–H and O–H groups in total. The summed E-state index contributed by atoms with van der Waals surface area (Å²) in [6, 6.07) is 16.2. The largest absolute Gasteiger partial charge is 0.378 e. The van der Waals surface area contributed by atoms with Gasteiger partial charge in [-0.05, 0) is 36.4 Å². The fourth-order valence-electron chi connectivity index (χ4n) is 4.76.